The molecule has 0 saturated carbocycles. The fourth-order valence-corrected chi connectivity index (χ4v) is 3.16. The molecule has 5 nitrogen and oxygen atoms in total. The highest BCUT2D eigenvalue weighted by Gasteiger charge is 2.19. The second-order valence-electron chi connectivity index (χ2n) is 5.09. The summed E-state index contributed by atoms with van der Waals surface area (Å²) in [5.74, 6) is 1.17. The molecule has 2 rings (SSSR count). The van der Waals surface area contributed by atoms with Crippen molar-refractivity contribution in [2.75, 3.05) is 31.6 Å². The van der Waals surface area contributed by atoms with Crippen LogP contribution in [0.25, 0.3) is 0 Å². The molecule has 0 bridgehead atoms. The van der Waals surface area contributed by atoms with E-state index in [1.807, 2.05) is 16.7 Å². The number of urea groups is 1. The molecule has 1 fully saturated rings. The first-order valence-electron chi connectivity index (χ1n) is 6.98. The van der Waals surface area contributed by atoms with Crippen LogP contribution in [0, 0.1) is 0 Å². The maximum Gasteiger partial charge on any atom is 0.335 e. The van der Waals surface area contributed by atoms with Crippen molar-refractivity contribution in [2.24, 2.45) is 0 Å². The molecule has 0 unspecified atom stereocenters. The minimum atomic E-state index is -0.937. The molecule has 1 aromatic rings. The van der Waals surface area contributed by atoms with Crippen molar-refractivity contribution < 1.29 is 14.7 Å². The van der Waals surface area contributed by atoms with E-state index in [0.717, 1.165) is 36.6 Å². The van der Waals surface area contributed by atoms with Gasteiger partial charge in [0.05, 0.1) is 5.56 Å². The highest BCUT2D eigenvalue weighted by atomic mass is 32.2. The van der Waals surface area contributed by atoms with Gasteiger partial charge in [0.2, 0.25) is 0 Å². The molecule has 0 spiro atoms. The zero-order chi connectivity index (χ0) is 15.2. The topological polar surface area (TPSA) is 60.9 Å². The Morgan fingerprint density at radius 1 is 1.24 bits per heavy atom. The van der Waals surface area contributed by atoms with E-state index in [-0.39, 0.29) is 11.6 Å². The summed E-state index contributed by atoms with van der Waals surface area (Å²) in [6, 6.07) is 6.69. The third kappa shape index (κ3) is 4.39. The first-order valence-corrected chi connectivity index (χ1v) is 8.13. The van der Waals surface area contributed by atoms with Crippen molar-refractivity contribution in [3.05, 3.63) is 35.4 Å². The minimum Gasteiger partial charge on any atom is -0.478 e. The van der Waals surface area contributed by atoms with Crippen molar-refractivity contribution in [1.82, 2.24) is 9.80 Å². The van der Waals surface area contributed by atoms with E-state index in [0.29, 0.717) is 6.54 Å². The number of carbonyl (C=O) groups is 2. The number of amides is 2. The van der Waals surface area contributed by atoms with E-state index in [1.54, 1.807) is 36.2 Å². The predicted octanol–water partition coefficient (Wildman–Crippen LogP) is 2.38. The maximum absolute atomic E-state index is 12.4. The van der Waals surface area contributed by atoms with Gasteiger partial charge < -0.3 is 14.9 Å². The summed E-state index contributed by atoms with van der Waals surface area (Å²) in [4.78, 5) is 26.8. The Balaban J connectivity index is 1.94. The molecule has 1 saturated heterocycles. The lowest BCUT2D eigenvalue weighted by Crippen LogP contribution is -2.41. The lowest BCUT2D eigenvalue weighted by Gasteiger charge is -2.27. The Hall–Kier alpha value is -1.69. The molecule has 1 aromatic carbocycles. The zero-order valence-electron chi connectivity index (χ0n) is 12.1. The normalized spacial score (nSPS) is 15.4. The van der Waals surface area contributed by atoms with Crippen molar-refractivity contribution in [3.8, 4) is 0 Å². The lowest BCUT2D eigenvalue weighted by molar-refractivity contribution is 0.0696. The van der Waals surface area contributed by atoms with Crippen LogP contribution >= 0.6 is 11.8 Å². The summed E-state index contributed by atoms with van der Waals surface area (Å²) < 4.78 is 0. The average Bonchev–Trinajstić information content (AvgIpc) is 2.76. The molecule has 1 heterocycles. The predicted molar refractivity (Wildman–Crippen MR) is 83.8 cm³/mol. The van der Waals surface area contributed by atoms with E-state index < -0.39 is 5.97 Å². The van der Waals surface area contributed by atoms with E-state index in [9.17, 15) is 9.59 Å². The molecule has 0 aromatic heterocycles. The Kier molecular flexibility index (Phi) is 5.50. The smallest absolute Gasteiger partial charge is 0.335 e. The van der Waals surface area contributed by atoms with E-state index in [4.69, 9.17) is 5.11 Å². The van der Waals surface area contributed by atoms with Gasteiger partial charge in [0.25, 0.3) is 0 Å². The van der Waals surface area contributed by atoms with Crippen LogP contribution in [0.1, 0.15) is 22.3 Å². The minimum absolute atomic E-state index is 0.0415. The standard InChI is InChI=1S/C15H20N2O3S/c1-16(15(20)17-7-2-9-21-10-8-17)11-12-3-5-13(6-4-12)14(18)19/h3-6H,2,7-11H2,1H3,(H,18,19). The van der Waals surface area contributed by atoms with Gasteiger partial charge in [-0.15, -0.1) is 0 Å². The van der Waals surface area contributed by atoms with Gasteiger partial charge in [-0.2, -0.15) is 11.8 Å². The number of carboxylic acid groups (broad SMARTS) is 1. The highest BCUT2D eigenvalue weighted by molar-refractivity contribution is 7.99. The van der Waals surface area contributed by atoms with Crippen LogP contribution in [0.15, 0.2) is 24.3 Å². The molecule has 21 heavy (non-hydrogen) atoms. The quantitative estimate of drug-likeness (QED) is 0.931. The number of aromatic carboxylic acids is 1. The molecule has 2 amide bonds. The van der Waals surface area contributed by atoms with Gasteiger partial charge in [0.1, 0.15) is 0 Å². The maximum atomic E-state index is 12.4. The van der Waals surface area contributed by atoms with Crippen LogP contribution in [-0.2, 0) is 6.54 Å². The third-order valence-electron chi connectivity index (χ3n) is 3.44. The number of carbonyl (C=O) groups excluding carboxylic acids is 1. The lowest BCUT2D eigenvalue weighted by atomic mass is 10.1. The number of benzene rings is 1. The number of thioether (sulfide) groups is 1. The summed E-state index contributed by atoms with van der Waals surface area (Å²) in [5, 5.41) is 8.87. The highest BCUT2D eigenvalue weighted by Crippen LogP contribution is 2.13. The Morgan fingerprint density at radius 2 is 1.95 bits per heavy atom. The molecular weight excluding hydrogens is 288 g/mol. The SMILES string of the molecule is CN(Cc1ccc(C(=O)O)cc1)C(=O)N1CCCSCC1. The van der Waals surface area contributed by atoms with Crippen LogP contribution in [-0.4, -0.2) is 58.5 Å². The third-order valence-corrected chi connectivity index (χ3v) is 4.49. The van der Waals surface area contributed by atoms with E-state index in [1.165, 1.54) is 0 Å². The monoisotopic (exact) mass is 308 g/mol. The Bertz CT molecular complexity index is 496. The molecule has 1 aliphatic heterocycles. The number of hydrogen-bond donors (Lipinski definition) is 1. The summed E-state index contributed by atoms with van der Waals surface area (Å²) >= 11 is 1.89. The number of carboxylic acids is 1. The van der Waals surface area contributed by atoms with Gasteiger partial charge in [0.15, 0.2) is 0 Å². The van der Waals surface area contributed by atoms with Gasteiger partial charge in [0, 0.05) is 32.4 Å². The summed E-state index contributed by atoms with van der Waals surface area (Å²) in [6.45, 7) is 2.10. The average molecular weight is 308 g/mol. The van der Waals surface area contributed by atoms with Gasteiger partial charge in [-0.25, -0.2) is 9.59 Å². The number of rotatable bonds is 3. The van der Waals surface area contributed by atoms with Crippen LogP contribution in [0.3, 0.4) is 0 Å². The van der Waals surface area contributed by atoms with Crippen molar-refractivity contribution in [1.29, 1.82) is 0 Å². The molecule has 6 heteroatoms. The molecular formula is C15H20N2O3S. The fourth-order valence-electron chi connectivity index (χ4n) is 2.27. The number of hydrogen-bond acceptors (Lipinski definition) is 3. The second-order valence-corrected chi connectivity index (χ2v) is 6.32. The van der Waals surface area contributed by atoms with E-state index >= 15 is 0 Å². The number of nitrogens with zero attached hydrogens (tertiary/aromatic N) is 2. The molecule has 0 aliphatic carbocycles. The fraction of sp³-hybridized carbons (Fsp3) is 0.467. The molecule has 114 valence electrons. The Labute approximate surface area is 128 Å². The van der Waals surface area contributed by atoms with Crippen LogP contribution < -0.4 is 0 Å². The van der Waals surface area contributed by atoms with Crippen molar-refractivity contribution in [2.45, 2.75) is 13.0 Å². The van der Waals surface area contributed by atoms with Crippen LogP contribution in [0.4, 0.5) is 4.79 Å². The molecule has 0 radical (unpaired) electrons. The largest absolute Gasteiger partial charge is 0.478 e. The summed E-state index contributed by atoms with van der Waals surface area (Å²) in [6.07, 6.45) is 1.04. The van der Waals surface area contributed by atoms with Gasteiger partial charge in [-0.3, -0.25) is 0 Å². The van der Waals surface area contributed by atoms with Gasteiger partial charge in [-0.1, -0.05) is 12.1 Å². The Morgan fingerprint density at radius 3 is 2.62 bits per heavy atom. The van der Waals surface area contributed by atoms with Gasteiger partial charge >= 0.3 is 12.0 Å². The van der Waals surface area contributed by atoms with Crippen molar-refractivity contribution >= 4 is 23.8 Å². The summed E-state index contributed by atoms with van der Waals surface area (Å²) in [5.41, 5.74) is 1.19. The zero-order valence-corrected chi connectivity index (χ0v) is 12.9. The molecule has 1 N–H and O–H groups in total. The first-order chi connectivity index (χ1) is 10.1. The molecule has 0 atom stereocenters. The summed E-state index contributed by atoms with van der Waals surface area (Å²) in [7, 11) is 1.78. The molecule has 1 aliphatic rings. The van der Waals surface area contributed by atoms with Gasteiger partial charge in [-0.05, 0) is 29.9 Å². The van der Waals surface area contributed by atoms with Crippen LogP contribution in [0.5, 0.6) is 0 Å². The van der Waals surface area contributed by atoms with Crippen LogP contribution in [0.2, 0.25) is 0 Å². The van der Waals surface area contributed by atoms with Crippen molar-refractivity contribution in [3.63, 3.8) is 0 Å². The van der Waals surface area contributed by atoms with E-state index in [2.05, 4.69) is 0 Å². The second kappa shape index (κ2) is 7.36. The first kappa shape index (κ1) is 15.7.